The molecule has 1 heterocycles. The van der Waals surface area contributed by atoms with Gasteiger partial charge in [0.05, 0.1) is 0 Å². The Labute approximate surface area is 116 Å². The van der Waals surface area contributed by atoms with E-state index in [0.717, 1.165) is 10.4 Å². The molecule has 0 atom stereocenters. The molecule has 2 aromatic rings. The van der Waals surface area contributed by atoms with Gasteiger partial charge in [-0.2, -0.15) is 0 Å². The zero-order valence-corrected chi connectivity index (χ0v) is 12.0. The predicted octanol–water partition coefficient (Wildman–Crippen LogP) is 2.60. The number of thiophene rings is 1. The minimum absolute atomic E-state index is 0.547. The summed E-state index contributed by atoms with van der Waals surface area (Å²) in [4.78, 5) is 2.30. The fourth-order valence-electron chi connectivity index (χ4n) is 1.74. The molecule has 0 fully saturated rings. The Morgan fingerprint density at radius 2 is 1.94 bits per heavy atom. The summed E-state index contributed by atoms with van der Waals surface area (Å²) in [5.41, 5.74) is 1.45. The molecule has 5 heteroatoms. The summed E-state index contributed by atoms with van der Waals surface area (Å²) < 4.78 is 0. The van der Waals surface area contributed by atoms with Gasteiger partial charge in [0.25, 0.3) is 0 Å². The smallest absolute Gasteiger partial charge is 0.423 e. The zero-order chi connectivity index (χ0) is 13.1. The lowest BCUT2D eigenvalue weighted by Crippen LogP contribution is -2.31. The van der Waals surface area contributed by atoms with E-state index in [1.807, 2.05) is 30.0 Å². The van der Waals surface area contributed by atoms with Crippen molar-refractivity contribution in [1.82, 2.24) is 0 Å². The Hall–Kier alpha value is -0.745. The highest BCUT2D eigenvalue weighted by Gasteiger charge is 2.17. The molecule has 0 spiro atoms. The molecule has 0 aliphatic rings. The maximum atomic E-state index is 9.37. The van der Waals surface area contributed by atoms with Crippen LogP contribution in [0.4, 0.5) is 0 Å². The van der Waals surface area contributed by atoms with Crippen molar-refractivity contribution in [3.63, 3.8) is 0 Å². The van der Waals surface area contributed by atoms with Gasteiger partial charge in [-0.05, 0) is 17.1 Å². The van der Waals surface area contributed by atoms with Gasteiger partial charge >= 0.3 is 7.12 Å². The van der Waals surface area contributed by atoms with Crippen LogP contribution in [-0.4, -0.2) is 22.4 Å². The highest BCUT2D eigenvalue weighted by atomic mass is 32.2. The molecule has 0 aliphatic carbocycles. The minimum atomic E-state index is -1.43. The van der Waals surface area contributed by atoms with Crippen molar-refractivity contribution in [2.75, 3.05) is 0 Å². The van der Waals surface area contributed by atoms with Crippen LogP contribution in [0.25, 0.3) is 10.4 Å². The van der Waals surface area contributed by atoms with Gasteiger partial charge in [-0.25, -0.2) is 0 Å². The van der Waals surface area contributed by atoms with E-state index in [4.69, 9.17) is 0 Å². The number of rotatable bonds is 4. The van der Waals surface area contributed by atoms with Crippen LogP contribution in [-0.2, 0) is 0 Å². The molecule has 0 amide bonds. The van der Waals surface area contributed by atoms with Crippen LogP contribution in [0.2, 0.25) is 0 Å². The van der Waals surface area contributed by atoms with E-state index in [9.17, 15) is 10.0 Å². The molecule has 94 valence electrons. The summed E-state index contributed by atoms with van der Waals surface area (Å²) in [6.07, 6.45) is 0. The van der Waals surface area contributed by atoms with Crippen LogP contribution < -0.4 is 5.46 Å². The van der Waals surface area contributed by atoms with E-state index in [2.05, 4.69) is 25.3 Å². The van der Waals surface area contributed by atoms with Gasteiger partial charge in [-0.15, -0.1) is 23.1 Å². The zero-order valence-electron chi connectivity index (χ0n) is 10.3. The van der Waals surface area contributed by atoms with E-state index in [0.29, 0.717) is 10.7 Å². The molecular weight excluding hydrogens is 263 g/mol. The van der Waals surface area contributed by atoms with Crippen LogP contribution >= 0.6 is 23.1 Å². The number of thioether (sulfide) groups is 1. The second kappa shape index (κ2) is 5.93. The fraction of sp³-hybridized carbons (Fsp3) is 0.231. The lowest BCUT2D eigenvalue weighted by Gasteiger charge is -2.06. The Bertz CT molecular complexity index is 523. The van der Waals surface area contributed by atoms with Gasteiger partial charge in [-0.1, -0.05) is 38.1 Å². The van der Waals surface area contributed by atoms with Crippen molar-refractivity contribution >= 4 is 35.7 Å². The van der Waals surface area contributed by atoms with Crippen LogP contribution in [0.15, 0.2) is 40.6 Å². The number of benzene rings is 1. The lowest BCUT2D eigenvalue weighted by atomic mass is 9.77. The van der Waals surface area contributed by atoms with Gasteiger partial charge in [0.1, 0.15) is 0 Å². The molecule has 2 N–H and O–H groups in total. The first-order chi connectivity index (χ1) is 8.58. The van der Waals surface area contributed by atoms with Crippen LogP contribution in [0.3, 0.4) is 0 Å². The highest BCUT2D eigenvalue weighted by Crippen LogP contribution is 2.33. The average molecular weight is 278 g/mol. The van der Waals surface area contributed by atoms with Gasteiger partial charge in [0, 0.05) is 20.4 Å². The Kier molecular flexibility index (Phi) is 4.51. The molecule has 0 saturated heterocycles. The van der Waals surface area contributed by atoms with Crippen LogP contribution in [0, 0.1) is 0 Å². The molecule has 2 nitrogen and oxygen atoms in total. The summed E-state index contributed by atoms with van der Waals surface area (Å²) >= 11 is 3.45. The second-order valence-corrected chi connectivity index (χ2v) is 6.84. The molecule has 0 bridgehead atoms. The van der Waals surface area contributed by atoms with E-state index in [-0.39, 0.29) is 0 Å². The van der Waals surface area contributed by atoms with Gasteiger partial charge < -0.3 is 10.0 Å². The van der Waals surface area contributed by atoms with E-state index < -0.39 is 7.12 Å². The van der Waals surface area contributed by atoms with E-state index >= 15 is 0 Å². The third-order valence-corrected chi connectivity index (χ3v) is 4.54. The standard InChI is InChI=1S/C13H15BO2S2/c1-9(2)18-10-7-13(17-8-10)11-5-3-4-6-12(11)14(15)16/h3-9,15-16H,1-2H3. The Morgan fingerprint density at radius 1 is 1.22 bits per heavy atom. The van der Waals surface area contributed by atoms with Crippen LogP contribution in [0.1, 0.15) is 13.8 Å². The maximum absolute atomic E-state index is 9.37. The lowest BCUT2D eigenvalue weighted by molar-refractivity contribution is 0.426. The number of hydrogen-bond donors (Lipinski definition) is 2. The molecule has 0 saturated carbocycles. The topological polar surface area (TPSA) is 40.5 Å². The minimum Gasteiger partial charge on any atom is -0.423 e. The molecular formula is C13H15BO2S2. The normalized spacial score (nSPS) is 10.9. The first-order valence-electron chi connectivity index (χ1n) is 5.78. The van der Waals surface area contributed by atoms with Crippen molar-refractivity contribution in [2.45, 2.75) is 24.0 Å². The van der Waals surface area contributed by atoms with Gasteiger partial charge in [-0.3, -0.25) is 0 Å². The Morgan fingerprint density at radius 3 is 2.61 bits per heavy atom. The summed E-state index contributed by atoms with van der Waals surface area (Å²) in [6, 6.07) is 9.50. The highest BCUT2D eigenvalue weighted by molar-refractivity contribution is 8.00. The largest absolute Gasteiger partial charge is 0.489 e. The molecule has 0 aliphatic heterocycles. The second-order valence-electron chi connectivity index (χ2n) is 4.27. The molecule has 1 aromatic carbocycles. The summed E-state index contributed by atoms with van der Waals surface area (Å²) in [7, 11) is -1.43. The maximum Gasteiger partial charge on any atom is 0.489 e. The van der Waals surface area contributed by atoms with Crippen molar-refractivity contribution in [3.05, 3.63) is 35.7 Å². The summed E-state index contributed by atoms with van der Waals surface area (Å²) in [6.45, 7) is 4.32. The third-order valence-electron chi connectivity index (χ3n) is 2.45. The van der Waals surface area contributed by atoms with E-state index in [1.54, 1.807) is 17.4 Å². The first kappa shape index (κ1) is 13.7. The average Bonchev–Trinajstić information content (AvgIpc) is 2.76. The molecule has 18 heavy (non-hydrogen) atoms. The first-order valence-corrected chi connectivity index (χ1v) is 7.54. The molecule has 2 rings (SSSR count). The van der Waals surface area contributed by atoms with Crippen molar-refractivity contribution < 1.29 is 10.0 Å². The van der Waals surface area contributed by atoms with Crippen molar-refractivity contribution in [1.29, 1.82) is 0 Å². The monoisotopic (exact) mass is 278 g/mol. The summed E-state index contributed by atoms with van der Waals surface area (Å²) in [5, 5.41) is 21.4. The summed E-state index contributed by atoms with van der Waals surface area (Å²) in [5.74, 6) is 0. The Balaban J connectivity index is 2.34. The molecule has 0 unspecified atom stereocenters. The molecule has 0 radical (unpaired) electrons. The number of hydrogen-bond acceptors (Lipinski definition) is 4. The van der Waals surface area contributed by atoms with Crippen molar-refractivity contribution in [2.24, 2.45) is 0 Å². The van der Waals surface area contributed by atoms with Crippen molar-refractivity contribution in [3.8, 4) is 10.4 Å². The third kappa shape index (κ3) is 3.17. The van der Waals surface area contributed by atoms with Crippen LogP contribution in [0.5, 0.6) is 0 Å². The quantitative estimate of drug-likeness (QED) is 0.667. The predicted molar refractivity (Wildman–Crippen MR) is 80.6 cm³/mol. The van der Waals surface area contributed by atoms with Gasteiger partial charge in [0.2, 0.25) is 0 Å². The molecule has 1 aromatic heterocycles. The van der Waals surface area contributed by atoms with Gasteiger partial charge in [0.15, 0.2) is 0 Å². The van der Waals surface area contributed by atoms with E-state index in [1.165, 1.54) is 4.90 Å². The SMILES string of the molecule is CC(C)Sc1csc(-c2ccccc2B(O)O)c1. The fourth-order valence-corrected chi connectivity index (χ4v) is 3.73.